The summed E-state index contributed by atoms with van der Waals surface area (Å²) in [4.78, 5) is 22.7. The van der Waals surface area contributed by atoms with Gasteiger partial charge in [-0.2, -0.15) is 0 Å². The summed E-state index contributed by atoms with van der Waals surface area (Å²) in [5, 5.41) is 13.6. The van der Waals surface area contributed by atoms with Gasteiger partial charge in [0.15, 0.2) is 0 Å². The van der Waals surface area contributed by atoms with Crippen LogP contribution in [0.25, 0.3) is 0 Å². The van der Waals surface area contributed by atoms with Crippen LogP contribution in [-0.4, -0.2) is 11.9 Å². The van der Waals surface area contributed by atoms with Crippen molar-refractivity contribution in [3.05, 3.63) is 64.7 Å². The number of carbonyl (C=O) groups is 2. The SMILES string of the molecule is O=C([O-])c1cccc(NC(=O)c2ccccc2Cl)c1.[Na+]. The molecule has 6 heteroatoms. The van der Waals surface area contributed by atoms with Crippen LogP contribution in [0.4, 0.5) is 5.69 Å². The van der Waals surface area contributed by atoms with Gasteiger partial charge in [-0.1, -0.05) is 35.9 Å². The Balaban J connectivity index is 0.00000200. The zero-order chi connectivity index (χ0) is 13.8. The number of rotatable bonds is 3. The first-order chi connectivity index (χ1) is 9.08. The Morgan fingerprint density at radius 2 is 1.75 bits per heavy atom. The molecule has 2 aromatic carbocycles. The van der Waals surface area contributed by atoms with Gasteiger partial charge in [0.1, 0.15) is 0 Å². The zero-order valence-electron chi connectivity index (χ0n) is 10.7. The van der Waals surface area contributed by atoms with Crippen LogP contribution in [-0.2, 0) is 0 Å². The van der Waals surface area contributed by atoms with E-state index in [4.69, 9.17) is 11.6 Å². The molecule has 20 heavy (non-hydrogen) atoms. The maximum Gasteiger partial charge on any atom is 1.00 e. The van der Waals surface area contributed by atoms with Gasteiger partial charge in [-0.3, -0.25) is 4.79 Å². The molecule has 4 nitrogen and oxygen atoms in total. The normalized spacial score (nSPS) is 9.45. The minimum Gasteiger partial charge on any atom is -0.545 e. The van der Waals surface area contributed by atoms with Crippen LogP contribution in [0.1, 0.15) is 20.7 Å². The van der Waals surface area contributed by atoms with E-state index in [0.29, 0.717) is 16.3 Å². The Kier molecular flexibility index (Phi) is 6.23. The van der Waals surface area contributed by atoms with E-state index in [9.17, 15) is 14.7 Å². The number of nitrogens with one attached hydrogen (secondary N) is 1. The first kappa shape index (κ1) is 16.7. The standard InChI is InChI=1S/C14H10ClNO3.Na/c15-12-7-2-1-6-11(12)13(17)16-10-5-3-4-9(8-10)14(18)19;/h1-8H,(H,16,17)(H,18,19);/q;+1/p-1. The van der Waals surface area contributed by atoms with Crippen molar-refractivity contribution in [2.75, 3.05) is 5.32 Å². The van der Waals surface area contributed by atoms with E-state index in [1.165, 1.54) is 18.2 Å². The van der Waals surface area contributed by atoms with Crippen molar-refractivity contribution in [3.8, 4) is 0 Å². The van der Waals surface area contributed by atoms with Crippen molar-refractivity contribution in [2.45, 2.75) is 0 Å². The van der Waals surface area contributed by atoms with Crippen LogP contribution in [0.5, 0.6) is 0 Å². The van der Waals surface area contributed by atoms with E-state index < -0.39 is 11.9 Å². The molecule has 1 N–H and O–H groups in total. The fourth-order valence-corrected chi connectivity index (χ4v) is 1.79. The molecule has 0 spiro atoms. The number of aromatic carboxylic acids is 1. The smallest absolute Gasteiger partial charge is 0.545 e. The number of amides is 1. The molecule has 96 valence electrons. The first-order valence-electron chi connectivity index (χ1n) is 5.45. The second-order valence-corrected chi connectivity index (χ2v) is 4.21. The third kappa shape index (κ3) is 4.08. The van der Waals surface area contributed by atoms with Crippen LogP contribution >= 0.6 is 11.6 Å². The number of anilines is 1. The molecule has 0 fully saturated rings. The molecule has 0 aliphatic carbocycles. The second-order valence-electron chi connectivity index (χ2n) is 3.80. The van der Waals surface area contributed by atoms with Crippen molar-refractivity contribution in [3.63, 3.8) is 0 Å². The van der Waals surface area contributed by atoms with Gasteiger partial charge in [0.25, 0.3) is 5.91 Å². The van der Waals surface area contributed by atoms with E-state index in [2.05, 4.69) is 5.32 Å². The van der Waals surface area contributed by atoms with Gasteiger partial charge >= 0.3 is 29.6 Å². The van der Waals surface area contributed by atoms with Gasteiger partial charge < -0.3 is 15.2 Å². The third-order valence-corrected chi connectivity index (χ3v) is 2.80. The van der Waals surface area contributed by atoms with Crippen molar-refractivity contribution >= 4 is 29.2 Å². The molecule has 1 amide bonds. The summed E-state index contributed by atoms with van der Waals surface area (Å²) >= 11 is 5.90. The number of carboxylic acids is 1. The van der Waals surface area contributed by atoms with Crippen molar-refractivity contribution in [2.24, 2.45) is 0 Å². The maximum atomic E-state index is 12.0. The predicted octanol–water partition coefficient (Wildman–Crippen LogP) is -1.04. The van der Waals surface area contributed by atoms with Crippen LogP contribution in [0, 0.1) is 0 Å². The Morgan fingerprint density at radius 3 is 2.40 bits per heavy atom. The maximum absolute atomic E-state index is 12.0. The van der Waals surface area contributed by atoms with Crippen LogP contribution < -0.4 is 40.0 Å². The summed E-state index contributed by atoms with van der Waals surface area (Å²) in [5.41, 5.74) is 0.687. The molecule has 0 aliphatic rings. The van der Waals surface area contributed by atoms with Crippen molar-refractivity contribution in [1.29, 1.82) is 0 Å². The van der Waals surface area contributed by atoms with E-state index in [0.717, 1.165) is 0 Å². The van der Waals surface area contributed by atoms with E-state index in [1.54, 1.807) is 30.3 Å². The molecule has 0 bridgehead atoms. The summed E-state index contributed by atoms with van der Waals surface area (Å²) < 4.78 is 0. The molecule has 0 saturated carbocycles. The number of halogens is 1. The summed E-state index contributed by atoms with van der Waals surface area (Å²) in [6, 6.07) is 12.4. The average molecular weight is 298 g/mol. The van der Waals surface area contributed by atoms with E-state index in [1.807, 2.05) is 0 Å². The summed E-state index contributed by atoms with van der Waals surface area (Å²) in [5.74, 6) is -1.70. The fraction of sp³-hybridized carbons (Fsp3) is 0. The predicted molar refractivity (Wildman–Crippen MR) is 70.2 cm³/mol. The number of carboxylic acid groups (broad SMARTS) is 1. The minimum absolute atomic E-state index is 0. The van der Waals surface area contributed by atoms with Gasteiger partial charge in [0.2, 0.25) is 0 Å². The number of hydrogen-bond donors (Lipinski definition) is 1. The molecule has 0 saturated heterocycles. The molecule has 0 atom stereocenters. The van der Waals surface area contributed by atoms with Gasteiger partial charge in [0, 0.05) is 5.69 Å². The van der Waals surface area contributed by atoms with Crippen molar-refractivity contribution < 1.29 is 44.3 Å². The fourth-order valence-electron chi connectivity index (χ4n) is 1.57. The quantitative estimate of drug-likeness (QED) is 0.736. The average Bonchev–Trinajstić information content (AvgIpc) is 2.39. The third-order valence-electron chi connectivity index (χ3n) is 2.47. The van der Waals surface area contributed by atoms with Crippen LogP contribution in [0.3, 0.4) is 0 Å². The summed E-state index contributed by atoms with van der Waals surface area (Å²) in [7, 11) is 0. The Labute approximate surface area is 143 Å². The van der Waals surface area contributed by atoms with Crippen LogP contribution in [0.2, 0.25) is 5.02 Å². The molecular weight excluding hydrogens is 289 g/mol. The molecular formula is C14H9ClNNaO3. The summed E-state index contributed by atoms with van der Waals surface area (Å²) in [6.07, 6.45) is 0. The van der Waals surface area contributed by atoms with Gasteiger partial charge in [-0.15, -0.1) is 0 Å². The van der Waals surface area contributed by atoms with E-state index >= 15 is 0 Å². The number of carbonyl (C=O) groups excluding carboxylic acids is 2. The van der Waals surface area contributed by atoms with Crippen molar-refractivity contribution in [1.82, 2.24) is 0 Å². The Bertz CT molecular complexity index is 646. The molecule has 0 heterocycles. The Morgan fingerprint density at radius 1 is 1.05 bits per heavy atom. The molecule has 2 rings (SSSR count). The van der Waals surface area contributed by atoms with E-state index in [-0.39, 0.29) is 35.1 Å². The van der Waals surface area contributed by atoms with Gasteiger partial charge in [0.05, 0.1) is 16.6 Å². The molecule has 2 aromatic rings. The number of hydrogen-bond acceptors (Lipinski definition) is 3. The monoisotopic (exact) mass is 297 g/mol. The number of benzene rings is 2. The van der Waals surface area contributed by atoms with Gasteiger partial charge in [-0.05, 0) is 29.8 Å². The molecule has 0 aliphatic heterocycles. The topological polar surface area (TPSA) is 69.2 Å². The Hall–Kier alpha value is -1.33. The summed E-state index contributed by atoms with van der Waals surface area (Å²) in [6.45, 7) is 0. The molecule has 0 aromatic heterocycles. The van der Waals surface area contributed by atoms with Crippen LogP contribution in [0.15, 0.2) is 48.5 Å². The molecule has 0 radical (unpaired) electrons. The zero-order valence-corrected chi connectivity index (χ0v) is 13.5. The minimum atomic E-state index is -1.30. The molecule has 0 unspecified atom stereocenters. The largest absolute Gasteiger partial charge is 1.00 e. The first-order valence-corrected chi connectivity index (χ1v) is 5.83. The second kappa shape index (κ2) is 7.45. The van der Waals surface area contributed by atoms with Gasteiger partial charge in [-0.25, -0.2) is 0 Å².